The fourth-order valence-corrected chi connectivity index (χ4v) is 4.72. The van der Waals surface area contributed by atoms with Crippen LogP contribution in [0.4, 0.5) is 22.0 Å². The molecule has 1 aliphatic rings. The largest absolute Gasteiger partial charge is 0.429 e. The number of rotatable bonds is 9. The van der Waals surface area contributed by atoms with Gasteiger partial charge in [-0.2, -0.15) is 8.78 Å². The van der Waals surface area contributed by atoms with Gasteiger partial charge in [0, 0.05) is 17.7 Å². The van der Waals surface area contributed by atoms with E-state index in [0.717, 1.165) is 36.6 Å². The first-order valence-electron chi connectivity index (χ1n) is 11.8. The van der Waals surface area contributed by atoms with E-state index < -0.39 is 40.4 Å². The van der Waals surface area contributed by atoms with Gasteiger partial charge in [-0.1, -0.05) is 63.1 Å². The van der Waals surface area contributed by atoms with Gasteiger partial charge in [0.05, 0.1) is 5.56 Å². The van der Waals surface area contributed by atoms with Crippen molar-refractivity contribution in [2.75, 3.05) is 0 Å². The molecule has 35 heavy (non-hydrogen) atoms. The van der Waals surface area contributed by atoms with Crippen LogP contribution < -0.4 is 4.74 Å². The Kier molecular flexibility index (Phi) is 7.29. The fourth-order valence-electron chi connectivity index (χ4n) is 4.72. The van der Waals surface area contributed by atoms with Crippen molar-refractivity contribution in [1.29, 1.82) is 0 Å². The van der Waals surface area contributed by atoms with Crippen LogP contribution in [0.15, 0.2) is 55.1 Å². The van der Waals surface area contributed by atoms with Crippen LogP contribution in [0.1, 0.15) is 54.9 Å². The lowest BCUT2D eigenvalue weighted by molar-refractivity contribution is -0.187. The highest BCUT2D eigenvalue weighted by atomic mass is 19.3. The zero-order valence-electron chi connectivity index (χ0n) is 19.5. The standard InChI is InChI=1S/C29H27F5O/c1-3-5-6-7-18-12-19-8-9-20(14-22(19)13-18)21-10-11-25(28(32)15-21)29(33,34)35-23-16-26(30)24(4-2)27(31)17-23/h4,8-11,14-18H,2-3,5-7,12-13H2,1H3. The van der Waals surface area contributed by atoms with Gasteiger partial charge in [0.25, 0.3) is 0 Å². The Bertz CT molecular complexity index is 1210. The van der Waals surface area contributed by atoms with Gasteiger partial charge in [0.2, 0.25) is 0 Å². The minimum absolute atomic E-state index is 0.460. The van der Waals surface area contributed by atoms with Crippen LogP contribution >= 0.6 is 0 Å². The molecule has 3 aromatic carbocycles. The lowest BCUT2D eigenvalue weighted by Crippen LogP contribution is -2.23. The Morgan fingerprint density at radius 3 is 2.20 bits per heavy atom. The topological polar surface area (TPSA) is 9.23 Å². The van der Waals surface area contributed by atoms with Crippen molar-refractivity contribution in [2.45, 2.75) is 51.6 Å². The first-order valence-corrected chi connectivity index (χ1v) is 11.8. The van der Waals surface area contributed by atoms with Crippen molar-refractivity contribution >= 4 is 6.08 Å². The highest BCUT2D eigenvalue weighted by molar-refractivity contribution is 5.66. The molecule has 1 aliphatic carbocycles. The molecule has 0 heterocycles. The number of halogens is 5. The van der Waals surface area contributed by atoms with Crippen LogP contribution in [0, 0.1) is 23.4 Å². The van der Waals surface area contributed by atoms with E-state index in [9.17, 15) is 22.0 Å². The molecule has 0 amide bonds. The Morgan fingerprint density at radius 2 is 1.54 bits per heavy atom. The lowest BCUT2D eigenvalue weighted by Gasteiger charge is -2.20. The molecule has 0 spiro atoms. The third-order valence-corrected chi connectivity index (χ3v) is 6.56. The molecule has 1 atom stereocenters. The maximum absolute atomic E-state index is 14.8. The van der Waals surface area contributed by atoms with Gasteiger partial charge in [-0.25, -0.2) is 13.2 Å². The molecule has 184 valence electrons. The van der Waals surface area contributed by atoms with E-state index in [2.05, 4.69) is 18.2 Å². The van der Waals surface area contributed by atoms with Gasteiger partial charge in [-0.05, 0) is 59.6 Å². The normalized spacial score (nSPS) is 15.2. The van der Waals surface area contributed by atoms with Crippen LogP contribution in [0.2, 0.25) is 0 Å². The van der Waals surface area contributed by atoms with Gasteiger partial charge in [-0.3, -0.25) is 0 Å². The molecule has 1 unspecified atom stereocenters. The minimum Gasteiger partial charge on any atom is -0.429 e. The molecular formula is C29H27F5O. The molecule has 0 saturated carbocycles. The average Bonchev–Trinajstić information content (AvgIpc) is 3.20. The number of benzene rings is 3. The van der Waals surface area contributed by atoms with E-state index >= 15 is 0 Å². The number of unbranched alkanes of at least 4 members (excludes halogenated alkanes) is 2. The Morgan fingerprint density at radius 1 is 0.886 bits per heavy atom. The molecule has 4 rings (SSSR count). The van der Waals surface area contributed by atoms with Crippen molar-refractivity contribution in [3.63, 3.8) is 0 Å². The maximum atomic E-state index is 14.8. The second-order valence-corrected chi connectivity index (χ2v) is 9.07. The zero-order chi connectivity index (χ0) is 25.2. The Labute approximate surface area is 202 Å². The number of hydrogen-bond donors (Lipinski definition) is 0. The average molecular weight is 487 g/mol. The summed E-state index contributed by atoms with van der Waals surface area (Å²) in [7, 11) is 0. The van der Waals surface area contributed by atoms with Crippen LogP contribution in [0.5, 0.6) is 5.75 Å². The van der Waals surface area contributed by atoms with E-state index in [1.165, 1.54) is 42.9 Å². The maximum Gasteiger partial charge on any atom is 0.429 e. The summed E-state index contributed by atoms with van der Waals surface area (Å²) in [6, 6.07) is 10.5. The third kappa shape index (κ3) is 5.42. The number of ether oxygens (including phenoxy) is 1. The summed E-state index contributed by atoms with van der Waals surface area (Å²) in [6.07, 6.45) is 3.59. The van der Waals surface area contributed by atoms with Gasteiger partial charge < -0.3 is 4.74 Å². The van der Waals surface area contributed by atoms with Crippen LogP contribution in [-0.4, -0.2) is 0 Å². The Hall–Kier alpha value is -3.15. The molecule has 0 aromatic heterocycles. The van der Waals surface area contributed by atoms with Gasteiger partial charge in [0.1, 0.15) is 23.2 Å². The third-order valence-electron chi connectivity index (χ3n) is 6.56. The van der Waals surface area contributed by atoms with Crippen molar-refractivity contribution in [3.8, 4) is 16.9 Å². The SMILES string of the molecule is C=Cc1c(F)cc(OC(F)(F)c2ccc(-c3ccc4c(c3)CC(CCCCC)C4)cc2F)cc1F. The summed E-state index contributed by atoms with van der Waals surface area (Å²) >= 11 is 0. The molecule has 0 aliphatic heterocycles. The molecular weight excluding hydrogens is 459 g/mol. The van der Waals surface area contributed by atoms with E-state index in [4.69, 9.17) is 0 Å². The summed E-state index contributed by atoms with van der Waals surface area (Å²) < 4.78 is 76.5. The molecule has 0 bridgehead atoms. The van der Waals surface area contributed by atoms with E-state index in [1.54, 1.807) is 0 Å². The quantitative estimate of drug-likeness (QED) is 0.217. The summed E-state index contributed by atoms with van der Waals surface area (Å²) in [5.41, 5.74) is 2.23. The number of alkyl halides is 2. The summed E-state index contributed by atoms with van der Waals surface area (Å²) in [5.74, 6) is -3.53. The van der Waals surface area contributed by atoms with Crippen molar-refractivity contribution in [2.24, 2.45) is 5.92 Å². The summed E-state index contributed by atoms with van der Waals surface area (Å²) in [4.78, 5) is 0. The highest BCUT2D eigenvalue weighted by Crippen LogP contribution is 2.37. The summed E-state index contributed by atoms with van der Waals surface area (Å²) in [6.45, 7) is 5.45. The van der Waals surface area contributed by atoms with Crippen molar-refractivity contribution in [3.05, 3.63) is 94.8 Å². The molecule has 0 radical (unpaired) electrons. The second kappa shape index (κ2) is 10.2. The Balaban J connectivity index is 1.52. The minimum atomic E-state index is -4.14. The van der Waals surface area contributed by atoms with E-state index in [0.29, 0.717) is 23.6 Å². The van der Waals surface area contributed by atoms with Crippen molar-refractivity contribution in [1.82, 2.24) is 0 Å². The first-order chi connectivity index (χ1) is 16.7. The second-order valence-electron chi connectivity index (χ2n) is 9.07. The predicted octanol–water partition coefficient (Wildman–Crippen LogP) is 8.84. The smallest absolute Gasteiger partial charge is 0.429 e. The molecule has 0 saturated heterocycles. The van der Waals surface area contributed by atoms with Gasteiger partial charge in [0.15, 0.2) is 0 Å². The number of hydrogen-bond acceptors (Lipinski definition) is 1. The van der Waals surface area contributed by atoms with Gasteiger partial charge in [-0.15, -0.1) is 0 Å². The number of fused-ring (bicyclic) bond motifs is 1. The molecule has 3 aromatic rings. The lowest BCUT2D eigenvalue weighted by atomic mass is 9.98. The highest BCUT2D eigenvalue weighted by Gasteiger charge is 2.38. The fraction of sp³-hybridized carbons (Fsp3) is 0.310. The van der Waals surface area contributed by atoms with Crippen molar-refractivity contribution < 1.29 is 26.7 Å². The zero-order valence-corrected chi connectivity index (χ0v) is 19.5. The van der Waals surface area contributed by atoms with E-state index in [-0.39, 0.29) is 0 Å². The van der Waals surface area contributed by atoms with Gasteiger partial charge >= 0.3 is 6.11 Å². The first kappa shape index (κ1) is 25.0. The molecule has 6 heteroatoms. The molecule has 0 fully saturated rings. The van der Waals surface area contributed by atoms with E-state index in [1.807, 2.05) is 18.2 Å². The molecule has 0 N–H and O–H groups in total. The summed E-state index contributed by atoms with van der Waals surface area (Å²) in [5, 5.41) is 0. The monoisotopic (exact) mass is 486 g/mol. The van der Waals surface area contributed by atoms with Crippen LogP contribution in [0.3, 0.4) is 0 Å². The predicted molar refractivity (Wildman–Crippen MR) is 128 cm³/mol. The van der Waals surface area contributed by atoms with Crippen LogP contribution in [0.25, 0.3) is 17.2 Å². The van der Waals surface area contributed by atoms with Crippen LogP contribution in [-0.2, 0) is 19.0 Å². The molecule has 1 nitrogen and oxygen atoms in total.